The first-order chi connectivity index (χ1) is 26.9. The Balaban J connectivity index is 0.963. The fourth-order valence-electron chi connectivity index (χ4n) is 5.71. The van der Waals surface area contributed by atoms with Crippen molar-refractivity contribution in [3.8, 4) is 11.5 Å². The maximum atomic E-state index is 12.8. The van der Waals surface area contributed by atoms with E-state index in [0.717, 1.165) is 0 Å². The van der Waals surface area contributed by atoms with E-state index >= 15 is 0 Å². The van der Waals surface area contributed by atoms with Crippen LogP contribution in [0, 0.1) is 0 Å². The molecule has 56 heavy (non-hydrogen) atoms. The fourth-order valence-corrected chi connectivity index (χ4v) is 5.71. The molecule has 0 saturated carbocycles. The van der Waals surface area contributed by atoms with Gasteiger partial charge in [0.2, 0.25) is 12.6 Å². The summed E-state index contributed by atoms with van der Waals surface area (Å²) >= 11 is 0. The minimum Gasteiger partial charge on any atom is -0.462 e. The summed E-state index contributed by atoms with van der Waals surface area (Å²) in [4.78, 5) is 25.7. The number of aliphatic hydroxyl groups is 8. The highest BCUT2D eigenvalue weighted by molar-refractivity contribution is 6.05. The summed E-state index contributed by atoms with van der Waals surface area (Å²) in [5.74, 6) is -0.313. The highest BCUT2D eigenvalue weighted by Gasteiger charge is 2.45. The van der Waals surface area contributed by atoms with Crippen molar-refractivity contribution in [3.05, 3.63) is 108 Å². The third-order valence-corrected chi connectivity index (χ3v) is 8.97. The summed E-state index contributed by atoms with van der Waals surface area (Å²) in [7, 11) is 0. The normalized spacial score (nSPS) is 27.7. The number of hydrogen-bond acceptors (Lipinski definition) is 16. The molecule has 0 aromatic heterocycles. The van der Waals surface area contributed by atoms with Crippen LogP contribution in [0.5, 0.6) is 11.5 Å². The zero-order valence-corrected chi connectivity index (χ0v) is 29.3. The van der Waals surface area contributed by atoms with E-state index in [0.29, 0.717) is 33.9 Å². The van der Waals surface area contributed by atoms with Crippen molar-refractivity contribution < 1.29 is 69.4 Å². The second kappa shape index (κ2) is 18.0. The van der Waals surface area contributed by atoms with Crippen LogP contribution in [0.25, 0.3) is 0 Å². The minimum atomic E-state index is -1.58. The SMILES string of the molecule is O=C(Nc1ccc(O[C@@H]2OC(CO)[C@@H](O)[C@H](O)C2O)cc1)c1ccc(/N=N/c2ccc(C(=O)Nc3ccc(O[C@H]4OC(CO)[C@H](O)C(O)[C@H]4O)cc3)cc2)cc1. The third kappa shape index (κ3) is 9.52. The molecule has 2 fully saturated rings. The topological polar surface area (TPSA) is 282 Å². The Kier molecular flexibility index (Phi) is 13.0. The zero-order chi connectivity index (χ0) is 39.9. The Morgan fingerprint density at radius 2 is 0.839 bits per heavy atom. The highest BCUT2D eigenvalue weighted by atomic mass is 16.7. The van der Waals surface area contributed by atoms with Crippen LogP contribution in [0.1, 0.15) is 20.7 Å². The number of hydrogen-bond donors (Lipinski definition) is 10. The van der Waals surface area contributed by atoms with Gasteiger partial charge in [0.25, 0.3) is 11.8 Å². The molecule has 4 aromatic carbocycles. The second-order valence-corrected chi connectivity index (χ2v) is 12.9. The van der Waals surface area contributed by atoms with E-state index in [1.165, 1.54) is 24.3 Å². The van der Waals surface area contributed by atoms with Crippen molar-refractivity contribution in [2.75, 3.05) is 23.8 Å². The number of aliphatic hydroxyl groups excluding tert-OH is 8. The number of carbonyl (C=O) groups is 2. The van der Waals surface area contributed by atoms with E-state index in [2.05, 4.69) is 20.9 Å². The molecule has 2 heterocycles. The second-order valence-electron chi connectivity index (χ2n) is 12.9. The van der Waals surface area contributed by atoms with Crippen molar-refractivity contribution in [2.45, 2.75) is 61.4 Å². The molecule has 18 heteroatoms. The van der Waals surface area contributed by atoms with Crippen LogP contribution < -0.4 is 20.1 Å². The summed E-state index contributed by atoms with van der Waals surface area (Å²) in [6, 6.07) is 25.0. The Hall–Kier alpha value is -5.38. The number of rotatable bonds is 12. The molecule has 6 rings (SSSR count). The van der Waals surface area contributed by atoms with Crippen LogP contribution in [-0.4, -0.2) is 127 Å². The smallest absolute Gasteiger partial charge is 0.255 e. The molecule has 2 aliphatic heterocycles. The van der Waals surface area contributed by atoms with Crippen LogP contribution in [0.4, 0.5) is 22.7 Å². The van der Waals surface area contributed by atoms with Crippen LogP contribution >= 0.6 is 0 Å². The molecule has 2 aliphatic rings. The fraction of sp³-hybridized carbons (Fsp3) is 0.316. The molecular weight excluding hydrogens is 736 g/mol. The number of benzene rings is 4. The molecule has 4 aromatic rings. The number of anilines is 2. The molecule has 0 bridgehead atoms. The summed E-state index contributed by atoms with van der Waals surface area (Å²) in [6.45, 7) is -1.17. The molecular formula is C38H40N4O14. The first kappa shape index (κ1) is 40.3. The van der Waals surface area contributed by atoms with Crippen LogP contribution in [0.2, 0.25) is 0 Å². The van der Waals surface area contributed by atoms with Crippen molar-refractivity contribution in [1.82, 2.24) is 0 Å². The molecule has 4 unspecified atom stereocenters. The van der Waals surface area contributed by atoms with E-state index in [4.69, 9.17) is 18.9 Å². The van der Waals surface area contributed by atoms with Gasteiger partial charge in [0.15, 0.2) is 0 Å². The van der Waals surface area contributed by atoms with Gasteiger partial charge in [-0.3, -0.25) is 9.59 Å². The lowest BCUT2D eigenvalue weighted by molar-refractivity contribution is -0.277. The monoisotopic (exact) mass is 776 g/mol. The van der Waals surface area contributed by atoms with Crippen molar-refractivity contribution in [1.29, 1.82) is 0 Å². The zero-order valence-electron chi connectivity index (χ0n) is 29.3. The largest absolute Gasteiger partial charge is 0.462 e. The lowest BCUT2D eigenvalue weighted by atomic mass is 9.99. The van der Waals surface area contributed by atoms with E-state index in [-0.39, 0.29) is 11.5 Å². The van der Waals surface area contributed by atoms with Gasteiger partial charge in [0.1, 0.15) is 60.3 Å². The number of ether oxygens (including phenoxy) is 4. The van der Waals surface area contributed by atoms with E-state index in [1.54, 1.807) is 72.8 Å². The van der Waals surface area contributed by atoms with Gasteiger partial charge in [-0.05, 0) is 97.1 Å². The van der Waals surface area contributed by atoms with Crippen LogP contribution in [0.3, 0.4) is 0 Å². The summed E-state index contributed by atoms with van der Waals surface area (Å²) in [5, 5.41) is 92.7. The molecule has 10 atom stereocenters. The highest BCUT2D eigenvalue weighted by Crippen LogP contribution is 2.28. The van der Waals surface area contributed by atoms with E-state index in [9.17, 15) is 50.4 Å². The Labute approximate surface area is 318 Å². The standard InChI is InChI=1S/C38H40N4O14/c43-17-27-29(45)31(47)33(49)37(55-27)53-25-13-9-21(10-14-25)39-35(51)19-1-5-23(6-2-19)41-42-24-7-3-20(4-8-24)36(52)40-22-11-15-26(16-12-22)54-38-34(50)32(48)30(46)28(18-44)56-38/h1-16,27-34,37-38,43-50H,17-18H2,(H,39,51)(H,40,52)/b42-41+/t27?,28?,29-,30+,31+,32?,33?,34-,37-,38+/m1/s1. The van der Waals surface area contributed by atoms with E-state index in [1.807, 2.05) is 0 Å². The predicted octanol–water partition coefficient (Wildman–Crippen LogP) is 0.964. The maximum absolute atomic E-state index is 12.8. The molecule has 10 N–H and O–H groups in total. The van der Waals surface area contributed by atoms with E-state index < -0.39 is 86.4 Å². The van der Waals surface area contributed by atoms with Gasteiger partial charge in [-0.15, -0.1) is 0 Å². The number of amides is 2. The van der Waals surface area contributed by atoms with Crippen molar-refractivity contribution >= 4 is 34.6 Å². The van der Waals surface area contributed by atoms with Gasteiger partial charge in [-0.1, -0.05) is 0 Å². The molecule has 0 radical (unpaired) electrons. The Morgan fingerprint density at radius 1 is 0.500 bits per heavy atom. The maximum Gasteiger partial charge on any atom is 0.255 e. The lowest BCUT2D eigenvalue weighted by Crippen LogP contribution is -2.60. The van der Waals surface area contributed by atoms with Gasteiger partial charge in [0.05, 0.1) is 24.6 Å². The van der Waals surface area contributed by atoms with Crippen molar-refractivity contribution in [2.24, 2.45) is 10.2 Å². The van der Waals surface area contributed by atoms with Gasteiger partial charge >= 0.3 is 0 Å². The predicted molar refractivity (Wildman–Crippen MR) is 195 cm³/mol. The molecule has 296 valence electrons. The molecule has 0 aliphatic carbocycles. The Morgan fingerprint density at radius 3 is 1.16 bits per heavy atom. The molecule has 2 amide bonds. The van der Waals surface area contributed by atoms with Crippen LogP contribution in [-0.2, 0) is 9.47 Å². The van der Waals surface area contributed by atoms with Gasteiger partial charge in [-0.2, -0.15) is 10.2 Å². The van der Waals surface area contributed by atoms with Crippen LogP contribution in [0.15, 0.2) is 107 Å². The Bertz CT molecular complexity index is 1800. The molecule has 2 saturated heterocycles. The summed E-state index contributed by atoms with van der Waals surface area (Å²) in [5.41, 5.74) is 2.51. The first-order valence-corrected chi connectivity index (χ1v) is 17.3. The molecule has 0 spiro atoms. The number of nitrogens with one attached hydrogen (secondary N) is 2. The third-order valence-electron chi connectivity index (χ3n) is 8.97. The summed E-state index contributed by atoms with van der Waals surface area (Å²) < 4.78 is 21.8. The first-order valence-electron chi connectivity index (χ1n) is 17.3. The van der Waals surface area contributed by atoms with Gasteiger partial charge in [-0.25, -0.2) is 0 Å². The lowest BCUT2D eigenvalue weighted by Gasteiger charge is -2.39. The number of nitrogens with zero attached hydrogens (tertiary/aromatic N) is 2. The number of carbonyl (C=O) groups excluding carboxylic acids is 2. The minimum absolute atomic E-state index is 0.244. The molecule has 18 nitrogen and oxygen atoms in total. The van der Waals surface area contributed by atoms with Gasteiger partial charge < -0.3 is 70.4 Å². The van der Waals surface area contributed by atoms with Crippen molar-refractivity contribution in [3.63, 3.8) is 0 Å². The number of azo groups is 1. The summed E-state index contributed by atoms with van der Waals surface area (Å²) in [6.07, 6.45) is -14.2. The average molecular weight is 777 g/mol. The van der Waals surface area contributed by atoms with Gasteiger partial charge in [0, 0.05) is 22.5 Å². The quantitative estimate of drug-likeness (QED) is 0.0898. The average Bonchev–Trinajstić information content (AvgIpc) is 3.22.